The van der Waals surface area contributed by atoms with Gasteiger partial charge >= 0.3 is 12.1 Å². The van der Waals surface area contributed by atoms with E-state index in [1.807, 2.05) is 11.9 Å². The quantitative estimate of drug-likeness (QED) is 0.257. The van der Waals surface area contributed by atoms with Gasteiger partial charge in [0.15, 0.2) is 0 Å². The van der Waals surface area contributed by atoms with Crippen LogP contribution in [-0.4, -0.2) is 82.0 Å². The maximum Gasteiger partial charge on any atom is 0.409 e. The summed E-state index contributed by atoms with van der Waals surface area (Å²) in [6.45, 7) is 0.860. The minimum atomic E-state index is -1.15. The number of nitrogens with zero attached hydrogens (tertiary/aromatic N) is 5. The van der Waals surface area contributed by atoms with Gasteiger partial charge in [0.05, 0.1) is 23.0 Å². The molecule has 4 N–H and O–H groups in total. The summed E-state index contributed by atoms with van der Waals surface area (Å²) >= 11 is 0. The van der Waals surface area contributed by atoms with Crippen molar-refractivity contribution in [1.29, 1.82) is 0 Å². The molecule has 14 nitrogen and oxygen atoms in total. The molecule has 1 aliphatic carbocycles. The third kappa shape index (κ3) is 6.82. The first kappa shape index (κ1) is 34.3. The average molecular weight is 693 g/mol. The van der Waals surface area contributed by atoms with Crippen LogP contribution in [0.1, 0.15) is 55.8 Å². The number of nitrogens with one attached hydrogen (secondary N) is 3. The number of amides is 2. The van der Waals surface area contributed by atoms with Crippen molar-refractivity contribution in [3.05, 3.63) is 81.8 Å². The van der Waals surface area contributed by atoms with E-state index in [9.17, 15) is 23.6 Å². The Hall–Kier alpha value is -5.54. The monoisotopic (exact) mass is 692 g/mol. The van der Waals surface area contributed by atoms with Crippen molar-refractivity contribution in [2.75, 3.05) is 26.0 Å². The van der Waals surface area contributed by atoms with E-state index in [1.165, 1.54) is 18.2 Å². The molecule has 0 spiro atoms. The third-order valence-corrected chi connectivity index (χ3v) is 9.58. The number of carboxylic acid groups (broad SMARTS) is 1. The highest BCUT2D eigenvalue weighted by Crippen LogP contribution is 2.47. The predicted octanol–water partition coefficient (Wildman–Crippen LogP) is 3.46. The highest BCUT2D eigenvalue weighted by Gasteiger charge is 2.44. The second kappa shape index (κ2) is 13.8. The standard InChI is InChI=1S/C34H38F2N8O6/c1-34(32(48)37-16-25(45)46)12-5-4-6-22(11-13-34)50-33(49)38-17-44-31(47)23-14-21(36)15-24-26(23)29(41-44)27(30-42(2)18-39-43(30)3)28(40-24)19-7-9-20(35)10-8-19/h4,6-10,14-15,18,22,27-28,30,40H,5,11-13,16-17H2,1-3H3,(H,37,48)(H,38,49)(H,45,46)/b6-4+/t22-,27+,28+,30?,34+/m0/s1. The molecule has 2 aliphatic heterocycles. The first-order chi connectivity index (χ1) is 23.8. The number of carbonyl (C=O) groups is 3. The van der Waals surface area contributed by atoms with E-state index in [0.717, 1.165) is 10.7 Å². The van der Waals surface area contributed by atoms with Gasteiger partial charge in [0, 0.05) is 30.6 Å². The second-order valence-electron chi connectivity index (χ2n) is 13.1. The topological polar surface area (TPSA) is 170 Å². The molecule has 0 radical (unpaired) electrons. The minimum absolute atomic E-state index is 0.0582. The Morgan fingerprint density at radius 2 is 1.86 bits per heavy atom. The second-order valence-corrected chi connectivity index (χ2v) is 13.1. The molecular formula is C34H38F2N8O6. The smallest absolute Gasteiger partial charge is 0.409 e. The van der Waals surface area contributed by atoms with Crippen molar-refractivity contribution >= 4 is 40.8 Å². The number of likely N-dealkylation sites (N-methyl/N-ethyl adjacent to an activating group) is 2. The Morgan fingerprint density at radius 1 is 1.10 bits per heavy atom. The first-order valence-electron chi connectivity index (χ1n) is 16.2. The molecule has 2 aromatic carbocycles. The molecule has 16 heteroatoms. The molecule has 264 valence electrons. The third-order valence-electron chi connectivity index (χ3n) is 9.58. The number of carbonyl (C=O) groups excluding carboxylic acids is 2. The van der Waals surface area contributed by atoms with Crippen molar-refractivity contribution in [2.45, 2.75) is 63.5 Å². The van der Waals surface area contributed by atoms with E-state index in [-0.39, 0.29) is 11.3 Å². The van der Waals surface area contributed by atoms with Gasteiger partial charge in [-0.15, -0.1) is 0 Å². The number of benzene rings is 2. The number of alkyl carbamates (subject to hydrolysis) is 1. The lowest BCUT2D eigenvalue weighted by molar-refractivity contribution is -0.140. The van der Waals surface area contributed by atoms with Crippen LogP contribution in [0, 0.1) is 17.0 Å². The van der Waals surface area contributed by atoms with Crippen LogP contribution >= 0.6 is 0 Å². The number of aliphatic carboxylic acids is 1. The van der Waals surface area contributed by atoms with Crippen LogP contribution in [0.15, 0.2) is 58.4 Å². The Morgan fingerprint density at radius 3 is 2.56 bits per heavy atom. The van der Waals surface area contributed by atoms with Crippen LogP contribution < -0.4 is 21.5 Å². The normalized spacial score (nSPS) is 25.0. The summed E-state index contributed by atoms with van der Waals surface area (Å²) in [7, 11) is 3.64. The molecule has 3 heterocycles. The number of anilines is 1. The number of hydrogen-bond donors (Lipinski definition) is 4. The maximum atomic E-state index is 15.0. The fraction of sp³-hybridized carbons (Fsp3) is 0.412. The number of rotatable bonds is 8. The lowest BCUT2D eigenvalue weighted by Crippen LogP contribution is -2.47. The summed E-state index contributed by atoms with van der Waals surface area (Å²) in [5.41, 5.74) is 0.0185. The first-order valence-corrected chi connectivity index (χ1v) is 16.2. The fourth-order valence-electron chi connectivity index (χ4n) is 6.95. The molecule has 5 atom stereocenters. The molecule has 0 saturated carbocycles. The number of halogens is 2. The van der Waals surface area contributed by atoms with Crippen molar-refractivity contribution < 1.29 is 33.0 Å². The zero-order valence-corrected chi connectivity index (χ0v) is 27.7. The van der Waals surface area contributed by atoms with Crippen molar-refractivity contribution in [1.82, 2.24) is 30.3 Å². The highest BCUT2D eigenvalue weighted by atomic mass is 19.1. The number of hydrogen-bond acceptors (Lipinski definition) is 10. The largest absolute Gasteiger partial charge is 0.480 e. The minimum Gasteiger partial charge on any atom is -0.480 e. The Kier molecular flexibility index (Phi) is 9.45. The molecule has 6 rings (SSSR count). The molecular weight excluding hydrogens is 654 g/mol. The summed E-state index contributed by atoms with van der Waals surface area (Å²) in [5.74, 6) is -3.11. The number of aromatic nitrogens is 2. The van der Waals surface area contributed by atoms with E-state index in [4.69, 9.17) is 14.9 Å². The van der Waals surface area contributed by atoms with Crippen LogP contribution in [0.5, 0.6) is 0 Å². The Balaban J connectivity index is 1.27. The molecule has 3 aliphatic rings. The zero-order valence-electron chi connectivity index (χ0n) is 27.7. The zero-order chi connectivity index (χ0) is 35.7. The molecule has 3 aromatic rings. The van der Waals surface area contributed by atoms with E-state index < -0.39 is 72.1 Å². The summed E-state index contributed by atoms with van der Waals surface area (Å²) in [4.78, 5) is 52.3. The molecule has 1 aromatic heterocycles. The van der Waals surface area contributed by atoms with Crippen LogP contribution in [0.25, 0.3) is 10.8 Å². The van der Waals surface area contributed by atoms with Gasteiger partial charge in [-0.25, -0.2) is 18.3 Å². The van der Waals surface area contributed by atoms with Gasteiger partial charge in [-0.3, -0.25) is 19.4 Å². The lowest BCUT2D eigenvalue weighted by atomic mass is 9.78. The molecule has 0 bridgehead atoms. The van der Waals surface area contributed by atoms with Gasteiger partial charge in [-0.1, -0.05) is 25.1 Å². The molecule has 0 saturated heterocycles. The molecule has 0 fully saturated rings. The highest BCUT2D eigenvalue weighted by molar-refractivity contribution is 5.97. The fourth-order valence-corrected chi connectivity index (χ4v) is 6.95. The van der Waals surface area contributed by atoms with Gasteiger partial charge in [0.25, 0.3) is 5.56 Å². The lowest BCUT2D eigenvalue weighted by Gasteiger charge is -2.41. The summed E-state index contributed by atoms with van der Waals surface area (Å²) < 4.78 is 35.7. The number of hydrazone groups is 1. The van der Waals surface area contributed by atoms with Gasteiger partial charge in [-0.05, 0) is 61.6 Å². The van der Waals surface area contributed by atoms with Crippen molar-refractivity contribution in [3.63, 3.8) is 0 Å². The van der Waals surface area contributed by atoms with Crippen molar-refractivity contribution in [2.24, 2.45) is 10.5 Å². The van der Waals surface area contributed by atoms with Gasteiger partial charge in [-0.2, -0.15) is 10.2 Å². The van der Waals surface area contributed by atoms with Crippen LogP contribution in [0.4, 0.5) is 19.3 Å². The molecule has 50 heavy (non-hydrogen) atoms. The van der Waals surface area contributed by atoms with E-state index in [2.05, 4.69) is 21.1 Å². The number of ether oxygens (including phenoxy) is 1. The van der Waals surface area contributed by atoms with E-state index >= 15 is 4.39 Å². The average Bonchev–Trinajstić information content (AvgIpc) is 3.40. The van der Waals surface area contributed by atoms with E-state index in [0.29, 0.717) is 48.0 Å². The van der Waals surface area contributed by atoms with Gasteiger partial charge in [0.2, 0.25) is 5.91 Å². The summed E-state index contributed by atoms with van der Waals surface area (Å²) in [6.07, 6.45) is 4.89. The maximum absolute atomic E-state index is 15.0. The van der Waals surface area contributed by atoms with Gasteiger partial charge in [0.1, 0.15) is 43.5 Å². The SMILES string of the molecule is CN1C=NN(C)C1[C@H]1c2nn(CNC(=O)O[C@H]3/C=C/CC[C@@](C)(C(=O)NCC(=O)O)CC3)c(=O)c3cc(F)cc(c23)N[C@@H]1c1ccc(F)cc1. The van der Waals surface area contributed by atoms with Gasteiger partial charge < -0.3 is 30.7 Å². The predicted molar refractivity (Wildman–Crippen MR) is 179 cm³/mol. The van der Waals surface area contributed by atoms with E-state index in [1.54, 1.807) is 49.6 Å². The molecule has 2 amide bonds. The number of carboxylic acids is 1. The van der Waals surface area contributed by atoms with Crippen LogP contribution in [0.2, 0.25) is 0 Å². The molecule has 1 unspecified atom stereocenters. The van der Waals surface area contributed by atoms with Crippen molar-refractivity contribution in [3.8, 4) is 0 Å². The summed E-state index contributed by atoms with van der Waals surface area (Å²) in [6, 6.07) is 7.85. The van der Waals surface area contributed by atoms with Crippen LogP contribution in [0.3, 0.4) is 0 Å². The number of allylic oxidation sites excluding steroid dienone is 1. The Bertz CT molecular complexity index is 1920. The Labute approximate surface area is 285 Å². The summed E-state index contributed by atoms with van der Waals surface area (Å²) in [5, 5.41) is 28.7. The van der Waals surface area contributed by atoms with Crippen LogP contribution in [-0.2, 0) is 21.0 Å².